The smallest absolute Gasteiger partial charge is 0.252 e. The third-order valence-electron chi connectivity index (χ3n) is 6.52. The molecule has 4 rings (SSSR count). The van der Waals surface area contributed by atoms with Crippen molar-refractivity contribution in [1.29, 1.82) is 0 Å². The number of anilines is 1. The van der Waals surface area contributed by atoms with Gasteiger partial charge in [0.15, 0.2) is 0 Å². The van der Waals surface area contributed by atoms with E-state index in [2.05, 4.69) is 20.6 Å². The van der Waals surface area contributed by atoms with E-state index in [1.54, 1.807) is 6.07 Å². The molecule has 3 fully saturated rings. The van der Waals surface area contributed by atoms with Crippen molar-refractivity contribution in [3.63, 3.8) is 0 Å². The minimum absolute atomic E-state index is 0.145. The van der Waals surface area contributed by atoms with Crippen molar-refractivity contribution in [2.24, 2.45) is 5.41 Å². The monoisotopic (exact) mass is 331 g/mol. The number of nitrogens with zero attached hydrogens (tertiary/aromatic N) is 1. The number of hydrogen-bond donors (Lipinski definition) is 4. The summed E-state index contributed by atoms with van der Waals surface area (Å²) in [5.74, 6) is 0.611. The van der Waals surface area contributed by atoms with Crippen LogP contribution in [0.15, 0.2) is 10.9 Å². The first-order valence-electron chi connectivity index (χ1n) is 9.45. The Morgan fingerprint density at radius 3 is 2.50 bits per heavy atom. The van der Waals surface area contributed by atoms with Gasteiger partial charge in [0.1, 0.15) is 0 Å². The van der Waals surface area contributed by atoms with Crippen molar-refractivity contribution in [1.82, 2.24) is 20.6 Å². The molecular formula is C18H29N5O. The van der Waals surface area contributed by atoms with Crippen LogP contribution in [0.5, 0.6) is 0 Å². The molecule has 0 radical (unpaired) electrons. The summed E-state index contributed by atoms with van der Waals surface area (Å²) in [7, 11) is 0. The van der Waals surface area contributed by atoms with Crippen LogP contribution in [0.4, 0.5) is 5.95 Å². The van der Waals surface area contributed by atoms with Crippen LogP contribution >= 0.6 is 0 Å². The number of rotatable bonds is 3. The molecule has 2 aliphatic carbocycles. The summed E-state index contributed by atoms with van der Waals surface area (Å²) in [6.45, 7) is 2.41. The van der Waals surface area contributed by atoms with E-state index in [1.165, 1.54) is 51.6 Å². The topological polar surface area (TPSA) is 95.8 Å². The lowest BCUT2D eigenvalue weighted by atomic mass is 9.67. The molecule has 1 spiro atoms. The van der Waals surface area contributed by atoms with Gasteiger partial charge in [0.05, 0.1) is 5.69 Å². The van der Waals surface area contributed by atoms with E-state index in [4.69, 9.17) is 5.73 Å². The lowest BCUT2D eigenvalue weighted by molar-refractivity contribution is 0.105. The first kappa shape index (κ1) is 16.1. The molecule has 0 unspecified atom stereocenters. The Bertz CT molecular complexity index is 621. The molecule has 24 heavy (non-hydrogen) atoms. The first-order chi connectivity index (χ1) is 11.6. The lowest BCUT2D eigenvalue weighted by Crippen LogP contribution is -2.49. The van der Waals surface area contributed by atoms with Crippen LogP contribution < -0.4 is 21.9 Å². The summed E-state index contributed by atoms with van der Waals surface area (Å²) < 4.78 is 0. The van der Waals surface area contributed by atoms with Gasteiger partial charge in [0.25, 0.3) is 5.56 Å². The second-order valence-electron chi connectivity index (χ2n) is 8.11. The van der Waals surface area contributed by atoms with Gasteiger partial charge in [-0.2, -0.15) is 0 Å². The molecule has 0 amide bonds. The number of hydrogen-bond acceptors (Lipinski definition) is 5. The maximum atomic E-state index is 11.5. The van der Waals surface area contributed by atoms with Crippen molar-refractivity contribution >= 4 is 5.95 Å². The van der Waals surface area contributed by atoms with Gasteiger partial charge in [-0.1, -0.05) is 0 Å². The van der Waals surface area contributed by atoms with Crippen LogP contribution in [-0.4, -0.2) is 35.1 Å². The molecule has 1 aromatic rings. The van der Waals surface area contributed by atoms with E-state index >= 15 is 0 Å². The maximum absolute atomic E-state index is 11.5. The van der Waals surface area contributed by atoms with Crippen LogP contribution in [0.1, 0.15) is 63.0 Å². The molecule has 0 bridgehead atoms. The SMILES string of the molecule is Nc1nc(C2CC(NC3CCC4(CCNCC4)CC3)C2)cc(=O)[nH]1. The quantitative estimate of drug-likeness (QED) is 0.673. The fourth-order valence-electron chi connectivity index (χ4n) is 4.89. The first-order valence-corrected chi connectivity index (χ1v) is 9.45. The van der Waals surface area contributed by atoms with Crippen molar-refractivity contribution in [3.8, 4) is 0 Å². The van der Waals surface area contributed by atoms with E-state index < -0.39 is 0 Å². The Labute approximate surface area is 143 Å². The van der Waals surface area contributed by atoms with Gasteiger partial charge in [-0.15, -0.1) is 0 Å². The van der Waals surface area contributed by atoms with Gasteiger partial charge in [0, 0.05) is 24.1 Å². The molecule has 1 saturated heterocycles. The van der Waals surface area contributed by atoms with Crippen molar-refractivity contribution < 1.29 is 0 Å². The summed E-state index contributed by atoms with van der Waals surface area (Å²) in [5, 5.41) is 7.34. The Kier molecular flexibility index (Phi) is 4.35. The molecular weight excluding hydrogens is 302 g/mol. The largest absolute Gasteiger partial charge is 0.369 e. The van der Waals surface area contributed by atoms with Crippen LogP contribution in [0, 0.1) is 5.41 Å². The van der Waals surface area contributed by atoms with E-state index in [0.717, 1.165) is 18.5 Å². The third kappa shape index (κ3) is 3.35. The number of nitrogens with one attached hydrogen (secondary N) is 3. The Hall–Kier alpha value is -1.40. The zero-order valence-electron chi connectivity index (χ0n) is 14.3. The highest BCUT2D eigenvalue weighted by atomic mass is 16.1. The number of nitrogen functional groups attached to an aromatic ring is 1. The molecule has 6 heteroatoms. The maximum Gasteiger partial charge on any atom is 0.252 e. The molecule has 0 aromatic carbocycles. The average Bonchev–Trinajstić information content (AvgIpc) is 2.52. The number of H-pyrrole nitrogens is 1. The highest BCUT2D eigenvalue weighted by molar-refractivity contribution is 5.22. The number of nitrogens with two attached hydrogens (primary N) is 1. The second-order valence-corrected chi connectivity index (χ2v) is 8.11. The Morgan fingerprint density at radius 2 is 1.83 bits per heavy atom. The van der Waals surface area contributed by atoms with Crippen LogP contribution in [-0.2, 0) is 0 Å². The minimum Gasteiger partial charge on any atom is -0.369 e. The number of aromatic nitrogens is 2. The molecule has 0 atom stereocenters. The predicted molar refractivity (Wildman–Crippen MR) is 95.0 cm³/mol. The molecule has 132 valence electrons. The van der Waals surface area contributed by atoms with Gasteiger partial charge >= 0.3 is 0 Å². The molecule has 5 N–H and O–H groups in total. The molecule has 1 aliphatic heterocycles. The van der Waals surface area contributed by atoms with Crippen LogP contribution in [0.3, 0.4) is 0 Å². The molecule has 3 aliphatic rings. The molecule has 1 aromatic heterocycles. The van der Waals surface area contributed by atoms with Crippen molar-refractivity contribution in [2.45, 2.75) is 69.4 Å². The summed E-state index contributed by atoms with van der Waals surface area (Å²) in [5.41, 5.74) is 6.99. The summed E-state index contributed by atoms with van der Waals surface area (Å²) in [6, 6.07) is 2.84. The summed E-state index contributed by atoms with van der Waals surface area (Å²) in [4.78, 5) is 18.3. The zero-order chi connectivity index (χ0) is 16.6. The van der Waals surface area contributed by atoms with Crippen LogP contribution in [0.2, 0.25) is 0 Å². The summed E-state index contributed by atoms with van der Waals surface area (Å²) in [6.07, 6.45) is 10.3. The van der Waals surface area contributed by atoms with Gasteiger partial charge < -0.3 is 16.4 Å². The minimum atomic E-state index is -0.145. The summed E-state index contributed by atoms with van der Waals surface area (Å²) >= 11 is 0. The molecule has 2 heterocycles. The Morgan fingerprint density at radius 1 is 1.12 bits per heavy atom. The predicted octanol–water partition coefficient (Wildman–Crippen LogP) is 1.50. The number of aromatic amines is 1. The van der Waals surface area contributed by atoms with E-state index in [-0.39, 0.29) is 11.5 Å². The fraction of sp³-hybridized carbons (Fsp3) is 0.778. The standard InChI is InChI=1S/C18H29N5O/c19-17-22-15(11-16(24)23-17)12-9-14(10-12)21-13-1-3-18(4-2-13)5-7-20-8-6-18/h11-14,20-21H,1-10H2,(H3,19,22,23,24). The van der Waals surface area contributed by atoms with Crippen molar-refractivity contribution in [2.75, 3.05) is 18.8 Å². The lowest BCUT2D eigenvalue weighted by Gasteiger charge is -2.45. The van der Waals surface area contributed by atoms with Crippen LogP contribution in [0.25, 0.3) is 0 Å². The highest BCUT2D eigenvalue weighted by Crippen LogP contribution is 2.44. The van der Waals surface area contributed by atoms with Gasteiger partial charge in [0.2, 0.25) is 5.95 Å². The molecule has 2 saturated carbocycles. The van der Waals surface area contributed by atoms with Gasteiger partial charge in [-0.3, -0.25) is 9.78 Å². The van der Waals surface area contributed by atoms with E-state index in [1.807, 2.05) is 0 Å². The highest BCUT2D eigenvalue weighted by Gasteiger charge is 2.38. The third-order valence-corrected chi connectivity index (χ3v) is 6.52. The number of piperidine rings is 1. The van der Waals surface area contributed by atoms with Crippen molar-refractivity contribution in [3.05, 3.63) is 22.1 Å². The van der Waals surface area contributed by atoms with Gasteiger partial charge in [-0.05, 0) is 69.9 Å². The van der Waals surface area contributed by atoms with Gasteiger partial charge in [-0.25, -0.2) is 4.98 Å². The average molecular weight is 331 g/mol. The second kappa shape index (κ2) is 6.48. The van der Waals surface area contributed by atoms with E-state index in [9.17, 15) is 4.79 Å². The Balaban J connectivity index is 1.25. The normalized spacial score (nSPS) is 30.2. The zero-order valence-corrected chi connectivity index (χ0v) is 14.3. The fourth-order valence-corrected chi connectivity index (χ4v) is 4.89. The van der Waals surface area contributed by atoms with E-state index in [0.29, 0.717) is 23.4 Å². The molecule has 6 nitrogen and oxygen atoms in total.